The second kappa shape index (κ2) is 9.34. The first-order valence-electron chi connectivity index (χ1n) is 14.1. The molecule has 0 amide bonds. The Bertz CT molecular complexity index is 753. The molecule has 0 aromatic carbocycles. The Morgan fingerprint density at radius 3 is 2.35 bits per heavy atom. The quantitative estimate of drug-likeness (QED) is 0.463. The van der Waals surface area contributed by atoms with Crippen molar-refractivity contribution in [2.45, 2.75) is 130 Å². The van der Waals surface area contributed by atoms with Gasteiger partial charge in [-0.05, 0) is 85.9 Å². The van der Waals surface area contributed by atoms with Crippen LogP contribution in [0.1, 0.15) is 106 Å². The van der Waals surface area contributed by atoms with E-state index in [0.717, 1.165) is 24.2 Å². The van der Waals surface area contributed by atoms with Crippen molar-refractivity contribution in [3.05, 3.63) is 0 Å². The highest BCUT2D eigenvalue weighted by Crippen LogP contribution is 2.69. The second-order valence-electron chi connectivity index (χ2n) is 13.5. The van der Waals surface area contributed by atoms with Crippen LogP contribution in [0.3, 0.4) is 0 Å². The van der Waals surface area contributed by atoms with Crippen molar-refractivity contribution in [1.29, 1.82) is 0 Å². The minimum absolute atomic E-state index is 0.280. The van der Waals surface area contributed by atoms with Crippen LogP contribution in [0.2, 0.25) is 0 Å². The fourth-order valence-electron chi connectivity index (χ4n) is 9.69. The second-order valence-corrected chi connectivity index (χ2v) is 13.5. The molecule has 0 unspecified atom stereocenters. The third-order valence-corrected chi connectivity index (χ3v) is 11.4. The molecular formula is C29H50O5. The molecule has 0 heterocycles. The minimum Gasteiger partial charge on any atom is -0.460 e. The molecule has 0 radical (unpaired) electrons. The summed E-state index contributed by atoms with van der Waals surface area (Å²) in [4.78, 5) is 11.6. The molecule has 0 aromatic heterocycles. The molecule has 0 spiro atoms. The molecule has 3 N–H and O–H groups in total. The summed E-state index contributed by atoms with van der Waals surface area (Å²) >= 11 is 0. The number of hydrogen-bond donors (Lipinski definition) is 3. The van der Waals surface area contributed by atoms with Crippen molar-refractivity contribution in [3.8, 4) is 0 Å². The van der Waals surface area contributed by atoms with Crippen molar-refractivity contribution >= 4 is 5.97 Å². The number of aliphatic hydroxyl groups excluding tert-OH is 2. The first kappa shape index (κ1) is 26.4. The Kier molecular flexibility index (Phi) is 7.25. The van der Waals surface area contributed by atoms with Gasteiger partial charge in [-0.25, -0.2) is 0 Å². The maximum atomic E-state index is 11.9. The van der Waals surface area contributed by atoms with Gasteiger partial charge in [0.1, 0.15) is 17.8 Å². The summed E-state index contributed by atoms with van der Waals surface area (Å²) in [7, 11) is 0. The van der Waals surface area contributed by atoms with Crippen molar-refractivity contribution in [2.24, 2.45) is 46.3 Å². The van der Waals surface area contributed by atoms with E-state index in [9.17, 15) is 20.1 Å². The fourth-order valence-corrected chi connectivity index (χ4v) is 9.69. The monoisotopic (exact) mass is 478 g/mol. The van der Waals surface area contributed by atoms with Crippen molar-refractivity contribution in [2.75, 3.05) is 0 Å². The third kappa shape index (κ3) is 3.96. The number of ether oxygens (including phenoxy) is 1. The third-order valence-electron chi connectivity index (χ3n) is 11.4. The molecule has 0 aromatic rings. The molecule has 0 bridgehead atoms. The van der Waals surface area contributed by atoms with E-state index >= 15 is 0 Å². The van der Waals surface area contributed by atoms with Gasteiger partial charge in [-0.15, -0.1) is 0 Å². The molecule has 0 saturated heterocycles. The molecule has 5 heteroatoms. The highest BCUT2D eigenvalue weighted by molar-refractivity contribution is 5.66. The highest BCUT2D eigenvalue weighted by Gasteiger charge is 2.70. The Morgan fingerprint density at radius 1 is 1.00 bits per heavy atom. The zero-order chi connectivity index (χ0) is 25.1. The molecule has 0 aliphatic heterocycles. The average Bonchev–Trinajstić information content (AvgIpc) is 3.10. The maximum Gasteiger partial charge on any atom is 0.302 e. The van der Waals surface area contributed by atoms with Gasteiger partial charge in [0.15, 0.2) is 0 Å². The van der Waals surface area contributed by atoms with Gasteiger partial charge in [0.05, 0.1) is 6.10 Å². The van der Waals surface area contributed by atoms with Crippen LogP contribution in [0.4, 0.5) is 0 Å². The topological polar surface area (TPSA) is 87.0 Å². The standard InChI is InChI=1S/C29H50O5/c1-17(2)8-7-9-18(3)21-10-11-22-20-16-25(31)29(33)26(32)24(34-19(4)30)13-15-28(29,6)23(20)12-14-27(21,22)5/h17-18,20-26,31-33H,7-16H2,1-6H3/t18-,20+,21-,22+,23+,24+,25-,26+,27-,28-,29-/m1/s1. The molecule has 4 rings (SSSR count). The number of rotatable bonds is 6. The zero-order valence-corrected chi connectivity index (χ0v) is 22.4. The van der Waals surface area contributed by atoms with E-state index in [2.05, 4.69) is 34.6 Å². The molecule has 4 saturated carbocycles. The molecular weight excluding hydrogens is 428 g/mol. The van der Waals surface area contributed by atoms with Crippen LogP contribution in [-0.2, 0) is 9.53 Å². The van der Waals surface area contributed by atoms with Crippen LogP contribution in [0.15, 0.2) is 0 Å². The summed E-state index contributed by atoms with van der Waals surface area (Å²) in [5.41, 5.74) is -1.91. The summed E-state index contributed by atoms with van der Waals surface area (Å²) in [6.07, 6.45) is 7.37. The van der Waals surface area contributed by atoms with Crippen LogP contribution in [0.5, 0.6) is 0 Å². The summed E-state index contributed by atoms with van der Waals surface area (Å²) < 4.78 is 5.36. The molecule has 4 aliphatic rings. The van der Waals surface area contributed by atoms with E-state index in [0.29, 0.717) is 36.5 Å². The van der Waals surface area contributed by atoms with Crippen LogP contribution in [0.25, 0.3) is 0 Å². The molecule has 5 nitrogen and oxygen atoms in total. The normalized spacial score (nSPS) is 49.2. The predicted molar refractivity (Wildman–Crippen MR) is 133 cm³/mol. The van der Waals surface area contributed by atoms with Crippen molar-refractivity contribution in [3.63, 3.8) is 0 Å². The molecule has 4 fully saturated rings. The number of fused-ring (bicyclic) bond motifs is 5. The van der Waals surface area contributed by atoms with Gasteiger partial charge in [0, 0.05) is 12.3 Å². The Morgan fingerprint density at radius 2 is 1.71 bits per heavy atom. The highest BCUT2D eigenvalue weighted by atomic mass is 16.6. The summed E-state index contributed by atoms with van der Waals surface area (Å²) in [6, 6.07) is 0. The van der Waals surface area contributed by atoms with E-state index in [-0.39, 0.29) is 5.92 Å². The first-order valence-corrected chi connectivity index (χ1v) is 14.1. The van der Waals surface area contributed by atoms with Gasteiger partial charge in [-0.3, -0.25) is 4.79 Å². The number of aliphatic hydroxyl groups is 3. The van der Waals surface area contributed by atoms with Gasteiger partial charge in [-0.1, -0.05) is 53.9 Å². The lowest BCUT2D eigenvalue weighted by molar-refractivity contribution is -0.306. The number of esters is 1. The van der Waals surface area contributed by atoms with Gasteiger partial charge in [0.25, 0.3) is 0 Å². The van der Waals surface area contributed by atoms with Gasteiger partial charge < -0.3 is 20.1 Å². The number of carbonyl (C=O) groups excluding carboxylic acids is 1. The van der Waals surface area contributed by atoms with Crippen LogP contribution in [-0.4, -0.2) is 45.2 Å². The van der Waals surface area contributed by atoms with E-state index in [4.69, 9.17) is 4.74 Å². The van der Waals surface area contributed by atoms with E-state index in [1.54, 1.807) is 0 Å². The molecule has 4 aliphatic carbocycles. The minimum atomic E-state index is -1.64. The Hall–Kier alpha value is -0.650. The van der Waals surface area contributed by atoms with Gasteiger partial charge in [-0.2, -0.15) is 0 Å². The lowest BCUT2D eigenvalue weighted by atomic mass is 9.42. The first-order chi connectivity index (χ1) is 15.9. The smallest absolute Gasteiger partial charge is 0.302 e. The molecule has 11 atom stereocenters. The largest absolute Gasteiger partial charge is 0.460 e. The number of hydrogen-bond acceptors (Lipinski definition) is 5. The van der Waals surface area contributed by atoms with Crippen LogP contribution >= 0.6 is 0 Å². The Balaban J connectivity index is 1.55. The van der Waals surface area contributed by atoms with E-state index in [1.807, 2.05) is 0 Å². The lowest BCUT2D eigenvalue weighted by Gasteiger charge is -2.66. The summed E-state index contributed by atoms with van der Waals surface area (Å²) in [6.45, 7) is 13.0. The predicted octanol–water partition coefficient (Wildman–Crippen LogP) is 5.10. The zero-order valence-electron chi connectivity index (χ0n) is 22.4. The van der Waals surface area contributed by atoms with Gasteiger partial charge >= 0.3 is 5.97 Å². The summed E-state index contributed by atoms with van der Waals surface area (Å²) in [5, 5.41) is 34.5. The average molecular weight is 479 g/mol. The van der Waals surface area contributed by atoms with Crippen LogP contribution < -0.4 is 0 Å². The van der Waals surface area contributed by atoms with E-state index in [1.165, 1.54) is 45.4 Å². The van der Waals surface area contributed by atoms with Gasteiger partial charge in [0.2, 0.25) is 0 Å². The maximum absolute atomic E-state index is 11.9. The SMILES string of the molecule is CC(=O)O[C@H]1CC[C@]2(C)[C@H]3CC[C@]4(C)[C@@H]([C@H](C)CCCC(C)C)CC[C@H]4[C@@H]3C[C@@H](O)[C@@]2(O)[C@H]1O. The summed E-state index contributed by atoms with van der Waals surface area (Å²) in [5.74, 6) is 3.01. The number of carbonyl (C=O) groups is 1. The van der Waals surface area contributed by atoms with Crippen LogP contribution in [0, 0.1) is 46.3 Å². The van der Waals surface area contributed by atoms with Crippen molar-refractivity contribution in [1.82, 2.24) is 0 Å². The molecule has 34 heavy (non-hydrogen) atoms. The lowest BCUT2D eigenvalue weighted by Crippen LogP contribution is -2.74. The van der Waals surface area contributed by atoms with E-state index < -0.39 is 35.3 Å². The molecule has 196 valence electrons. The Labute approximate surface area is 207 Å². The fraction of sp³-hybridized carbons (Fsp3) is 0.966. The van der Waals surface area contributed by atoms with Crippen molar-refractivity contribution < 1.29 is 24.9 Å².